The molecular weight excluding hydrogens is 222 g/mol. The van der Waals surface area contributed by atoms with Gasteiger partial charge in [-0.05, 0) is 18.3 Å². The average molecular weight is 240 g/mol. The van der Waals surface area contributed by atoms with Crippen molar-refractivity contribution in [3.05, 3.63) is 0 Å². The Morgan fingerprint density at radius 2 is 2.07 bits per heavy atom. The summed E-state index contributed by atoms with van der Waals surface area (Å²) in [5.74, 6) is 0.201. The molecule has 14 heavy (non-hydrogen) atoms. The highest BCUT2D eigenvalue weighted by atomic mass is 35.5. The second-order valence-corrected chi connectivity index (χ2v) is 6.91. The van der Waals surface area contributed by atoms with Crippen LogP contribution in [0, 0.1) is 5.41 Å². The largest absolute Gasteiger partial charge is 0.212 e. The smallest absolute Gasteiger partial charge is 0.211 e. The first-order chi connectivity index (χ1) is 6.29. The van der Waals surface area contributed by atoms with Gasteiger partial charge in [-0.2, -0.15) is 0 Å². The molecule has 2 atom stereocenters. The van der Waals surface area contributed by atoms with Gasteiger partial charge in [-0.15, -0.1) is 11.6 Å². The molecule has 0 aromatic heterocycles. The van der Waals surface area contributed by atoms with E-state index in [-0.39, 0.29) is 22.6 Å². The van der Waals surface area contributed by atoms with Gasteiger partial charge >= 0.3 is 0 Å². The lowest BCUT2D eigenvalue weighted by atomic mass is 9.67. The van der Waals surface area contributed by atoms with Gasteiger partial charge in [-0.25, -0.2) is 13.1 Å². The number of halogens is 1. The van der Waals surface area contributed by atoms with Crippen molar-refractivity contribution in [2.45, 2.75) is 45.0 Å². The lowest BCUT2D eigenvalue weighted by Crippen LogP contribution is -2.59. The van der Waals surface area contributed by atoms with Gasteiger partial charge in [0.15, 0.2) is 0 Å². The average Bonchev–Trinajstić information content (AvgIpc) is 2.03. The molecule has 0 spiro atoms. The summed E-state index contributed by atoms with van der Waals surface area (Å²) < 4.78 is 25.7. The van der Waals surface area contributed by atoms with Crippen molar-refractivity contribution in [2.75, 3.05) is 5.75 Å². The van der Waals surface area contributed by atoms with Crippen molar-refractivity contribution in [1.82, 2.24) is 4.72 Å². The maximum absolute atomic E-state index is 11.5. The number of sulfonamides is 1. The second-order valence-electron chi connectivity index (χ2n) is 4.51. The zero-order valence-corrected chi connectivity index (χ0v) is 10.5. The molecule has 0 bridgehead atoms. The molecular formula is C9H18ClNO2S. The number of hydrogen-bond donors (Lipinski definition) is 1. The Labute approximate surface area is 91.3 Å². The van der Waals surface area contributed by atoms with Crippen LogP contribution in [0.2, 0.25) is 0 Å². The monoisotopic (exact) mass is 239 g/mol. The molecule has 1 fully saturated rings. The highest BCUT2D eigenvalue weighted by molar-refractivity contribution is 7.89. The van der Waals surface area contributed by atoms with Crippen LogP contribution >= 0.6 is 11.6 Å². The Morgan fingerprint density at radius 3 is 2.43 bits per heavy atom. The van der Waals surface area contributed by atoms with Crippen molar-refractivity contribution < 1.29 is 8.42 Å². The summed E-state index contributed by atoms with van der Waals surface area (Å²) in [4.78, 5) is 0. The second kappa shape index (κ2) is 3.99. The standard InChI is InChI=1S/C9H18ClNO2S/c1-4-5-14(12,13)11-8-6-7(10)9(8,2)3/h7-8,11H,4-6H2,1-3H3. The molecule has 2 unspecified atom stereocenters. The molecule has 0 aromatic rings. The third kappa shape index (κ3) is 2.41. The number of hydrogen-bond acceptors (Lipinski definition) is 2. The van der Waals surface area contributed by atoms with Crippen LogP contribution in [0.15, 0.2) is 0 Å². The van der Waals surface area contributed by atoms with E-state index in [0.717, 1.165) is 6.42 Å². The van der Waals surface area contributed by atoms with Gasteiger partial charge in [-0.3, -0.25) is 0 Å². The van der Waals surface area contributed by atoms with E-state index in [1.54, 1.807) is 0 Å². The Balaban J connectivity index is 2.56. The lowest BCUT2D eigenvalue weighted by Gasteiger charge is -2.49. The summed E-state index contributed by atoms with van der Waals surface area (Å²) in [5.41, 5.74) is -0.123. The lowest BCUT2D eigenvalue weighted by molar-refractivity contribution is 0.137. The van der Waals surface area contributed by atoms with E-state index in [1.807, 2.05) is 20.8 Å². The van der Waals surface area contributed by atoms with E-state index < -0.39 is 10.0 Å². The molecule has 1 rings (SSSR count). The Hall–Kier alpha value is 0.200. The zero-order valence-electron chi connectivity index (χ0n) is 8.88. The molecule has 0 radical (unpaired) electrons. The minimum absolute atomic E-state index is 0.00144. The maximum Gasteiger partial charge on any atom is 0.211 e. The SMILES string of the molecule is CCCS(=O)(=O)NC1CC(Cl)C1(C)C. The van der Waals surface area contributed by atoms with Gasteiger partial charge in [0, 0.05) is 11.4 Å². The van der Waals surface area contributed by atoms with Crippen molar-refractivity contribution in [1.29, 1.82) is 0 Å². The molecule has 0 aromatic carbocycles. The minimum Gasteiger partial charge on any atom is -0.212 e. The van der Waals surface area contributed by atoms with Crippen LogP contribution in [0.5, 0.6) is 0 Å². The molecule has 5 heteroatoms. The fourth-order valence-electron chi connectivity index (χ4n) is 1.62. The van der Waals surface area contributed by atoms with Crippen LogP contribution in [-0.2, 0) is 10.0 Å². The topological polar surface area (TPSA) is 46.2 Å². The molecule has 0 saturated heterocycles. The van der Waals surface area contributed by atoms with Gasteiger partial charge in [0.1, 0.15) is 0 Å². The summed E-state index contributed by atoms with van der Waals surface area (Å²) in [6, 6.07) is 0.00144. The summed E-state index contributed by atoms with van der Waals surface area (Å²) in [6.07, 6.45) is 1.38. The third-order valence-corrected chi connectivity index (χ3v) is 5.27. The van der Waals surface area contributed by atoms with Crippen molar-refractivity contribution in [2.24, 2.45) is 5.41 Å². The predicted octanol–water partition coefficient (Wildman–Crippen LogP) is 1.72. The summed E-state index contributed by atoms with van der Waals surface area (Å²) in [7, 11) is -3.09. The molecule has 1 aliphatic rings. The first-order valence-electron chi connectivity index (χ1n) is 4.93. The quantitative estimate of drug-likeness (QED) is 0.760. The van der Waals surface area contributed by atoms with Crippen LogP contribution < -0.4 is 4.72 Å². The normalized spacial score (nSPS) is 31.1. The fraction of sp³-hybridized carbons (Fsp3) is 1.00. The van der Waals surface area contributed by atoms with Crippen LogP contribution in [0.4, 0.5) is 0 Å². The molecule has 3 nitrogen and oxygen atoms in total. The first-order valence-corrected chi connectivity index (χ1v) is 7.02. The van der Waals surface area contributed by atoms with Crippen molar-refractivity contribution in [3.8, 4) is 0 Å². The van der Waals surface area contributed by atoms with Gasteiger partial charge in [0.25, 0.3) is 0 Å². The molecule has 0 amide bonds. The number of nitrogens with one attached hydrogen (secondary N) is 1. The highest BCUT2D eigenvalue weighted by Crippen LogP contribution is 2.44. The van der Waals surface area contributed by atoms with Gasteiger partial charge in [0.05, 0.1) is 5.75 Å². The van der Waals surface area contributed by atoms with E-state index in [9.17, 15) is 8.42 Å². The molecule has 1 saturated carbocycles. The molecule has 0 heterocycles. The van der Waals surface area contributed by atoms with Crippen LogP contribution in [0.25, 0.3) is 0 Å². The summed E-state index contributed by atoms with van der Waals surface area (Å²) in [5, 5.41) is 0.0804. The number of alkyl halides is 1. The van der Waals surface area contributed by atoms with E-state index in [4.69, 9.17) is 11.6 Å². The Morgan fingerprint density at radius 1 is 1.50 bits per heavy atom. The minimum atomic E-state index is -3.09. The van der Waals surface area contributed by atoms with E-state index >= 15 is 0 Å². The van der Waals surface area contributed by atoms with Crippen LogP contribution in [0.3, 0.4) is 0 Å². The highest BCUT2D eigenvalue weighted by Gasteiger charge is 2.48. The Kier molecular flexibility index (Phi) is 3.49. The summed E-state index contributed by atoms with van der Waals surface area (Å²) >= 11 is 6.01. The molecule has 0 aliphatic heterocycles. The van der Waals surface area contributed by atoms with E-state index in [1.165, 1.54) is 0 Å². The van der Waals surface area contributed by atoms with Gasteiger partial charge in [-0.1, -0.05) is 20.8 Å². The first kappa shape index (κ1) is 12.3. The van der Waals surface area contributed by atoms with Crippen LogP contribution in [0.1, 0.15) is 33.6 Å². The van der Waals surface area contributed by atoms with E-state index in [2.05, 4.69) is 4.72 Å². The molecule has 1 N–H and O–H groups in total. The van der Waals surface area contributed by atoms with Gasteiger partial charge < -0.3 is 0 Å². The van der Waals surface area contributed by atoms with Crippen LogP contribution in [-0.4, -0.2) is 25.6 Å². The molecule has 1 aliphatic carbocycles. The third-order valence-electron chi connectivity index (χ3n) is 2.94. The van der Waals surface area contributed by atoms with Crippen molar-refractivity contribution in [3.63, 3.8) is 0 Å². The maximum atomic E-state index is 11.5. The zero-order chi connectivity index (χ0) is 11.0. The van der Waals surface area contributed by atoms with Crippen molar-refractivity contribution >= 4 is 21.6 Å². The summed E-state index contributed by atoms with van der Waals surface area (Å²) in [6.45, 7) is 5.84. The fourth-order valence-corrected chi connectivity index (χ4v) is 3.44. The van der Waals surface area contributed by atoms with Gasteiger partial charge in [0.2, 0.25) is 10.0 Å². The van der Waals surface area contributed by atoms with E-state index in [0.29, 0.717) is 6.42 Å². The number of rotatable bonds is 4. The molecule has 84 valence electrons. The predicted molar refractivity (Wildman–Crippen MR) is 59.0 cm³/mol. The Bertz CT molecular complexity index is 300.